The van der Waals surface area contributed by atoms with Crippen LogP contribution >= 0.6 is 11.8 Å². The molecular formula is C12H21NS. The Labute approximate surface area is 92.4 Å². The molecule has 1 heterocycles. The van der Waals surface area contributed by atoms with Crippen LogP contribution in [0.15, 0.2) is 0 Å². The van der Waals surface area contributed by atoms with E-state index >= 15 is 0 Å². The van der Waals surface area contributed by atoms with E-state index in [0.29, 0.717) is 6.04 Å². The molecule has 1 N–H and O–H groups in total. The maximum atomic E-state index is 3.60. The van der Waals surface area contributed by atoms with Gasteiger partial charge in [0.1, 0.15) is 0 Å². The maximum absolute atomic E-state index is 3.60. The van der Waals surface area contributed by atoms with Crippen molar-refractivity contribution in [3.05, 3.63) is 0 Å². The van der Waals surface area contributed by atoms with Gasteiger partial charge in [0, 0.05) is 12.5 Å². The van der Waals surface area contributed by atoms with E-state index in [9.17, 15) is 0 Å². The minimum atomic E-state index is 0.704. The van der Waals surface area contributed by atoms with Gasteiger partial charge in [0.2, 0.25) is 0 Å². The van der Waals surface area contributed by atoms with Crippen LogP contribution < -0.4 is 5.32 Å². The summed E-state index contributed by atoms with van der Waals surface area (Å²) in [6, 6.07) is 0.704. The van der Waals surface area contributed by atoms with Gasteiger partial charge in [-0.1, -0.05) is 6.92 Å². The van der Waals surface area contributed by atoms with Crippen LogP contribution in [0.5, 0.6) is 0 Å². The average Bonchev–Trinajstić information content (AvgIpc) is 2.70. The quantitative estimate of drug-likeness (QED) is 0.701. The van der Waals surface area contributed by atoms with Crippen LogP contribution in [0.3, 0.4) is 0 Å². The summed E-state index contributed by atoms with van der Waals surface area (Å²) in [6.07, 6.45) is 3.66. The number of hydrogen-bond acceptors (Lipinski definition) is 2. The third kappa shape index (κ3) is 3.94. The first kappa shape index (κ1) is 11.9. The lowest BCUT2D eigenvalue weighted by Crippen LogP contribution is -2.36. The Kier molecular flexibility index (Phi) is 6.14. The highest BCUT2D eigenvalue weighted by molar-refractivity contribution is 7.99. The lowest BCUT2D eigenvalue weighted by atomic mass is 9.95. The van der Waals surface area contributed by atoms with Crippen LogP contribution in [0.4, 0.5) is 0 Å². The summed E-state index contributed by atoms with van der Waals surface area (Å²) in [5.41, 5.74) is 0. The van der Waals surface area contributed by atoms with Crippen LogP contribution in [-0.2, 0) is 0 Å². The highest BCUT2D eigenvalue weighted by atomic mass is 32.2. The van der Waals surface area contributed by atoms with Crippen molar-refractivity contribution in [3.63, 3.8) is 0 Å². The zero-order valence-electron chi connectivity index (χ0n) is 9.31. The van der Waals surface area contributed by atoms with Crippen molar-refractivity contribution < 1.29 is 0 Å². The number of hydrogen-bond donors (Lipinski definition) is 1. The van der Waals surface area contributed by atoms with Crippen molar-refractivity contribution in [1.82, 2.24) is 5.32 Å². The Morgan fingerprint density at radius 3 is 3.00 bits per heavy atom. The third-order valence-corrected chi connectivity index (χ3v) is 3.95. The Morgan fingerprint density at radius 2 is 2.43 bits per heavy atom. The summed E-state index contributed by atoms with van der Waals surface area (Å²) in [4.78, 5) is 0. The standard InChI is InChI=1S/C12H21NS/c1-3-5-6-7-12(13-4-2)11-8-9-14-10-11/h11-13H,4,6-10H2,1-2H3. The van der Waals surface area contributed by atoms with E-state index in [1.54, 1.807) is 0 Å². The predicted molar refractivity (Wildman–Crippen MR) is 65.6 cm³/mol. The molecule has 0 bridgehead atoms. The fourth-order valence-electron chi connectivity index (χ4n) is 1.99. The molecule has 1 fully saturated rings. The largest absolute Gasteiger partial charge is 0.314 e. The molecule has 2 unspecified atom stereocenters. The van der Waals surface area contributed by atoms with E-state index in [0.717, 1.165) is 18.9 Å². The SMILES string of the molecule is CC#CCCC(NCC)C1CCSC1. The zero-order valence-corrected chi connectivity index (χ0v) is 10.1. The number of rotatable bonds is 5. The molecule has 2 heteroatoms. The van der Waals surface area contributed by atoms with Crippen LogP contribution in [0.1, 0.15) is 33.1 Å². The second-order valence-corrected chi connectivity index (χ2v) is 4.90. The first-order chi connectivity index (χ1) is 6.88. The summed E-state index contributed by atoms with van der Waals surface area (Å²) in [5.74, 6) is 9.72. The number of thioether (sulfide) groups is 1. The Bertz CT molecular complexity index is 198. The molecule has 0 spiro atoms. The fourth-order valence-corrected chi connectivity index (χ4v) is 3.33. The zero-order chi connectivity index (χ0) is 10.2. The van der Waals surface area contributed by atoms with Gasteiger partial charge in [-0.2, -0.15) is 11.8 Å². The Hall–Kier alpha value is -0.130. The second-order valence-electron chi connectivity index (χ2n) is 3.75. The third-order valence-electron chi connectivity index (χ3n) is 2.76. The second kappa shape index (κ2) is 7.20. The monoisotopic (exact) mass is 211 g/mol. The molecule has 1 aliphatic rings. The van der Waals surface area contributed by atoms with Gasteiger partial charge in [-0.15, -0.1) is 11.8 Å². The van der Waals surface area contributed by atoms with E-state index in [1.807, 2.05) is 6.92 Å². The van der Waals surface area contributed by atoms with Crippen molar-refractivity contribution in [2.24, 2.45) is 5.92 Å². The summed E-state index contributed by atoms with van der Waals surface area (Å²) >= 11 is 2.10. The van der Waals surface area contributed by atoms with E-state index in [1.165, 1.54) is 24.3 Å². The van der Waals surface area contributed by atoms with Gasteiger partial charge in [0.15, 0.2) is 0 Å². The van der Waals surface area contributed by atoms with E-state index in [-0.39, 0.29) is 0 Å². The molecule has 1 rings (SSSR count). The van der Waals surface area contributed by atoms with Gasteiger partial charge in [-0.25, -0.2) is 0 Å². The topological polar surface area (TPSA) is 12.0 Å². The van der Waals surface area contributed by atoms with Crippen molar-refractivity contribution in [3.8, 4) is 11.8 Å². The summed E-state index contributed by atoms with van der Waals surface area (Å²) < 4.78 is 0. The molecule has 0 aliphatic carbocycles. The van der Waals surface area contributed by atoms with E-state index in [2.05, 4.69) is 35.8 Å². The van der Waals surface area contributed by atoms with Crippen LogP contribution in [0.25, 0.3) is 0 Å². The van der Waals surface area contributed by atoms with E-state index in [4.69, 9.17) is 0 Å². The molecule has 2 atom stereocenters. The smallest absolute Gasteiger partial charge is 0.0112 e. The summed E-state index contributed by atoms with van der Waals surface area (Å²) in [6.45, 7) is 5.21. The normalized spacial score (nSPS) is 22.9. The van der Waals surface area contributed by atoms with Crippen LogP contribution in [-0.4, -0.2) is 24.1 Å². The van der Waals surface area contributed by atoms with Crippen molar-refractivity contribution >= 4 is 11.8 Å². The van der Waals surface area contributed by atoms with Gasteiger partial charge in [-0.05, 0) is 43.7 Å². The van der Waals surface area contributed by atoms with Crippen LogP contribution in [0.2, 0.25) is 0 Å². The molecular weight excluding hydrogens is 190 g/mol. The summed E-state index contributed by atoms with van der Waals surface area (Å²) in [5, 5.41) is 3.60. The molecule has 0 radical (unpaired) electrons. The first-order valence-corrected chi connectivity index (χ1v) is 6.74. The average molecular weight is 211 g/mol. The minimum Gasteiger partial charge on any atom is -0.314 e. The predicted octanol–water partition coefficient (Wildman–Crippen LogP) is 2.52. The molecule has 1 aliphatic heterocycles. The molecule has 0 saturated carbocycles. The van der Waals surface area contributed by atoms with Gasteiger partial charge in [-0.3, -0.25) is 0 Å². The molecule has 0 aromatic rings. The molecule has 0 aromatic carbocycles. The molecule has 80 valence electrons. The Morgan fingerprint density at radius 1 is 1.57 bits per heavy atom. The summed E-state index contributed by atoms with van der Waals surface area (Å²) in [7, 11) is 0. The molecule has 1 nitrogen and oxygen atoms in total. The lowest BCUT2D eigenvalue weighted by molar-refractivity contribution is 0.372. The van der Waals surface area contributed by atoms with Gasteiger partial charge < -0.3 is 5.32 Å². The Balaban J connectivity index is 2.31. The molecule has 1 saturated heterocycles. The van der Waals surface area contributed by atoms with Crippen molar-refractivity contribution in [2.75, 3.05) is 18.1 Å². The van der Waals surface area contributed by atoms with Gasteiger partial charge in [0.25, 0.3) is 0 Å². The fraction of sp³-hybridized carbons (Fsp3) is 0.833. The van der Waals surface area contributed by atoms with Crippen molar-refractivity contribution in [1.29, 1.82) is 0 Å². The molecule has 0 amide bonds. The van der Waals surface area contributed by atoms with Crippen LogP contribution in [0, 0.1) is 17.8 Å². The van der Waals surface area contributed by atoms with Gasteiger partial charge in [0.05, 0.1) is 0 Å². The highest BCUT2D eigenvalue weighted by Gasteiger charge is 2.23. The van der Waals surface area contributed by atoms with E-state index < -0.39 is 0 Å². The molecule has 0 aromatic heterocycles. The molecule has 14 heavy (non-hydrogen) atoms. The highest BCUT2D eigenvalue weighted by Crippen LogP contribution is 2.27. The maximum Gasteiger partial charge on any atom is 0.0112 e. The lowest BCUT2D eigenvalue weighted by Gasteiger charge is -2.22. The van der Waals surface area contributed by atoms with Gasteiger partial charge >= 0.3 is 0 Å². The minimum absolute atomic E-state index is 0.704. The first-order valence-electron chi connectivity index (χ1n) is 5.59. The number of nitrogens with one attached hydrogen (secondary N) is 1. The van der Waals surface area contributed by atoms with Crippen molar-refractivity contribution in [2.45, 2.75) is 39.2 Å².